The maximum atomic E-state index is 13.5. The summed E-state index contributed by atoms with van der Waals surface area (Å²) in [4.78, 5) is 17.8. The van der Waals surface area contributed by atoms with Crippen LogP contribution in [-0.4, -0.2) is 51.8 Å². The molecule has 0 saturated heterocycles. The van der Waals surface area contributed by atoms with Crippen LogP contribution in [0.5, 0.6) is 0 Å². The molecular weight excluding hydrogens is 554 g/mol. The van der Waals surface area contributed by atoms with E-state index in [0.717, 1.165) is 48.4 Å². The lowest BCUT2D eigenvalue weighted by molar-refractivity contribution is -0.130. The van der Waals surface area contributed by atoms with Crippen molar-refractivity contribution in [3.63, 3.8) is 0 Å². The molecule has 1 fully saturated rings. The van der Waals surface area contributed by atoms with E-state index in [1.54, 1.807) is 17.0 Å². The van der Waals surface area contributed by atoms with Gasteiger partial charge in [-0.3, -0.25) is 9.69 Å². The van der Waals surface area contributed by atoms with Crippen LogP contribution in [0.15, 0.2) is 108 Å². The number of hydrogen-bond donors (Lipinski definition) is 1. The van der Waals surface area contributed by atoms with Gasteiger partial charge >= 0.3 is 0 Å². The number of sulfonamides is 1. The lowest BCUT2D eigenvalue weighted by Crippen LogP contribution is -2.44. The molecule has 1 unspecified atom stereocenters. The minimum Gasteiger partial charge on any atom is -0.346 e. The predicted molar refractivity (Wildman–Crippen MR) is 174 cm³/mol. The highest BCUT2D eigenvalue weighted by Gasteiger charge is 2.38. The average Bonchev–Trinajstić information content (AvgIpc) is 3.04. The van der Waals surface area contributed by atoms with Crippen molar-refractivity contribution in [2.24, 2.45) is 5.92 Å². The van der Waals surface area contributed by atoms with E-state index >= 15 is 0 Å². The van der Waals surface area contributed by atoms with E-state index in [4.69, 9.17) is 0 Å². The first-order valence-electron chi connectivity index (χ1n) is 15.2. The second-order valence-electron chi connectivity index (χ2n) is 12.1. The molecule has 1 amide bonds. The second-order valence-corrected chi connectivity index (χ2v) is 13.9. The van der Waals surface area contributed by atoms with Crippen molar-refractivity contribution in [2.45, 2.75) is 55.0 Å². The van der Waals surface area contributed by atoms with Crippen molar-refractivity contribution in [3.8, 4) is 0 Å². The highest BCUT2D eigenvalue weighted by atomic mass is 32.2. The van der Waals surface area contributed by atoms with Gasteiger partial charge in [-0.1, -0.05) is 91.0 Å². The fourth-order valence-electron chi connectivity index (χ4n) is 6.52. The summed E-state index contributed by atoms with van der Waals surface area (Å²) in [6, 6.07) is 32.3. The molecule has 6 nitrogen and oxygen atoms in total. The summed E-state index contributed by atoms with van der Waals surface area (Å²) < 4.78 is 29.9. The molecule has 1 aliphatic rings. The van der Waals surface area contributed by atoms with E-state index in [2.05, 4.69) is 54.0 Å². The van der Waals surface area contributed by atoms with Crippen molar-refractivity contribution in [1.82, 2.24) is 14.5 Å². The van der Waals surface area contributed by atoms with Crippen LogP contribution < -0.4 is 4.72 Å². The molecule has 0 bridgehead atoms. The normalized spacial score (nSPS) is 19.8. The van der Waals surface area contributed by atoms with E-state index in [0.29, 0.717) is 12.5 Å². The average molecular weight is 598 g/mol. The highest BCUT2D eigenvalue weighted by molar-refractivity contribution is 7.89. The molecule has 0 heterocycles. The topological polar surface area (TPSA) is 69.7 Å². The summed E-state index contributed by atoms with van der Waals surface area (Å²) in [6.07, 6.45) is 5.42. The van der Waals surface area contributed by atoms with Crippen LogP contribution in [-0.2, 0) is 20.4 Å². The monoisotopic (exact) mass is 597 g/mol. The summed E-state index contributed by atoms with van der Waals surface area (Å²) in [7, 11) is 2.32. The minimum atomic E-state index is -3.87. The van der Waals surface area contributed by atoms with Crippen LogP contribution in [0, 0.1) is 5.92 Å². The van der Waals surface area contributed by atoms with Crippen LogP contribution >= 0.6 is 0 Å². The predicted octanol–water partition coefficient (Wildman–Crippen LogP) is 6.75. The molecule has 1 atom stereocenters. The molecule has 0 aliphatic heterocycles. The first-order valence-corrected chi connectivity index (χ1v) is 16.7. The van der Waals surface area contributed by atoms with Gasteiger partial charge < -0.3 is 4.90 Å². The maximum Gasteiger partial charge on any atom is 0.241 e. The van der Waals surface area contributed by atoms with Crippen LogP contribution in [0.25, 0.3) is 10.8 Å². The Morgan fingerprint density at radius 2 is 1.44 bits per heavy atom. The van der Waals surface area contributed by atoms with E-state index in [1.165, 1.54) is 5.56 Å². The third-order valence-corrected chi connectivity index (χ3v) is 10.8. The van der Waals surface area contributed by atoms with Crippen molar-refractivity contribution in [2.75, 3.05) is 27.7 Å². The molecule has 1 saturated carbocycles. The van der Waals surface area contributed by atoms with E-state index in [9.17, 15) is 13.2 Å². The van der Waals surface area contributed by atoms with E-state index in [1.807, 2.05) is 67.7 Å². The molecule has 4 aromatic rings. The zero-order valence-electron chi connectivity index (χ0n) is 25.4. The second kappa shape index (κ2) is 13.4. The Hall–Kier alpha value is -3.52. The van der Waals surface area contributed by atoms with Gasteiger partial charge in [0.05, 0.1) is 10.9 Å². The van der Waals surface area contributed by atoms with Gasteiger partial charge in [-0.05, 0) is 86.1 Å². The minimum absolute atomic E-state index is 0.0513. The Morgan fingerprint density at radius 3 is 2.09 bits per heavy atom. The third kappa shape index (κ3) is 7.18. The number of hydrogen-bond acceptors (Lipinski definition) is 4. The SMILES string of the molecule is CN(CCC1CCC(c2ccccc2)(N(C)C)CC1)C(=O)CC(NS(=O)(=O)c1ccc2ccccc2c1)c1ccccc1. The summed E-state index contributed by atoms with van der Waals surface area (Å²) in [5, 5.41) is 1.83. The van der Waals surface area contributed by atoms with Gasteiger partial charge in [0.1, 0.15) is 0 Å². The first-order chi connectivity index (χ1) is 20.7. The van der Waals surface area contributed by atoms with Gasteiger partial charge in [0.2, 0.25) is 15.9 Å². The molecule has 226 valence electrons. The van der Waals surface area contributed by atoms with Crippen molar-refractivity contribution < 1.29 is 13.2 Å². The Balaban J connectivity index is 1.22. The summed E-state index contributed by atoms with van der Waals surface area (Å²) >= 11 is 0. The fraction of sp³-hybridized carbons (Fsp3) is 0.361. The summed E-state index contributed by atoms with van der Waals surface area (Å²) in [6.45, 7) is 0.655. The van der Waals surface area contributed by atoms with Crippen molar-refractivity contribution in [3.05, 3.63) is 114 Å². The zero-order chi connectivity index (χ0) is 30.5. The first kappa shape index (κ1) is 30.9. The molecule has 0 spiro atoms. The van der Waals surface area contributed by atoms with Gasteiger partial charge in [0, 0.05) is 25.6 Å². The van der Waals surface area contributed by atoms with Crippen LogP contribution in [0.1, 0.15) is 55.7 Å². The van der Waals surface area contributed by atoms with Gasteiger partial charge in [-0.25, -0.2) is 13.1 Å². The molecule has 0 radical (unpaired) electrons. The molecule has 4 aromatic carbocycles. The highest BCUT2D eigenvalue weighted by Crippen LogP contribution is 2.43. The quantitative estimate of drug-likeness (QED) is 0.208. The van der Waals surface area contributed by atoms with E-state index < -0.39 is 16.1 Å². The van der Waals surface area contributed by atoms with Crippen LogP contribution in [0.2, 0.25) is 0 Å². The number of rotatable bonds is 11. The van der Waals surface area contributed by atoms with Gasteiger partial charge in [-0.2, -0.15) is 0 Å². The number of nitrogens with one attached hydrogen (secondary N) is 1. The lowest BCUT2D eigenvalue weighted by atomic mass is 9.71. The third-order valence-electron chi connectivity index (χ3n) is 9.31. The molecule has 1 aliphatic carbocycles. The van der Waals surface area contributed by atoms with Crippen molar-refractivity contribution in [1.29, 1.82) is 0 Å². The smallest absolute Gasteiger partial charge is 0.241 e. The Labute approximate surface area is 256 Å². The summed E-state index contributed by atoms with van der Waals surface area (Å²) in [5.74, 6) is 0.487. The number of nitrogens with zero attached hydrogens (tertiary/aromatic N) is 2. The molecule has 5 rings (SSSR count). The lowest BCUT2D eigenvalue weighted by Gasteiger charge is -2.46. The summed E-state index contributed by atoms with van der Waals surface area (Å²) in [5.41, 5.74) is 2.20. The Bertz CT molecular complexity index is 1620. The van der Waals surface area contributed by atoms with Crippen molar-refractivity contribution >= 4 is 26.7 Å². The van der Waals surface area contributed by atoms with Gasteiger partial charge in [0.15, 0.2) is 0 Å². The molecule has 0 aromatic heterocycles. The maximum absolute atomic E-state index is 13.5. The van der Waals surface area contributed by atoms with Crippen LogP contribution in [0.3, 0.4) is 0 Å². The van der Waals surface area contributed by atoms with Gasteiger partial charge in [0.25, 0.3) is 0 Å². The number of amides is 1. The standard InChI is InChI=1S/C36H43N3O3S/c1-38(2)36(32-16-8-5-9-17-32)23-20-28(21-24-36)22-25-39(3)35(40)27-34(30-13-6-4-7-14-30)37-43(41,42)33-19-18-29-12-10-11-15-31(29)26-33/h4-19,26,28,34,37H,20-25,27H2,1-3H3. The van der Waals surface area contributed by atoms with Gasteiger partial charge in [-0.15, -0.1) is 0 Å². The van der Waals surface area contributed by atoms with Crippen LogP contribution in [0.4, 0.5) is 0 Å². The number of benzene rings is 4. The number of fused-ring (bicyclic) bond motifs is 1. The van der Waals surface area contributed by atoms with E-state index in [-0.39, 0.29) is 22.8 Å². The molecule has 1 N–H and O–H groups in total. The molecular formula is C36H43N3O3S. The zero-order valence-corrected chi connectivity index (χ0v) is 26.3. The largest absolute Gasteiger partial charge is 0.346 e. The Kier molecular flexibility index (Phi) is 9.65. The number of carbonyl (C=O) groups excluding carboxylic acids is 1. The molecule has 43 heavy (non-hydrogen) atoms. The molecule has 7 heteroatoms. The number of carbonyl (C=O) groups is 1. The fourth-order valence-corrected chi connectivity index (χ4v) is 7.78. The Morgan fingerprint density at radius 1 is 0.837 bits per heavy atom.